The van der Waals surface area contributed by atoms with E-state index >= 15 is 0 Å². The number of fused-ring (bicyclic) bond motifs is 1. The maximum Gasteiger partial charge on any atom is 0.137 e. The van der Waals surface area contributed by atoms with Crippen LogP contribution in [0.3, 0.4) is 0 Å². The maximum atomic E-state index is 6.18. The third-order valence-electron chi connectivity index (χ3n) is 5.12. The first-order valence-electron chi connectivity index (χ1n) is 9.78. The first-order chi connectivity index (χ1) is 13.3. The van der Waals surface area contributed by atoms with Gasteiger partial charge in [-0.3, -0.25) is 0 Å². The molecule has 1 heterocycles. The van der Waals surface area contributed by atoms with Crippen molar-refractivity contribution in [3.05, 3.63) is 54.4 Å². The van der Waals surface area contributed by atoms with Crippen molar-refractivity contribution in [2.45, 2.75) is 44.6 Å². The van der Waals surface area contributed by atoms with E-state index in [2.05, 4.69) is 39.6 Å². The van der Waals surface area contributed by atoms with Crippen molar-refractivity contribution in [3.63, 3.8) is 0 Å². The third kappa shape index (κ3) is 4.48. The summed E-state index contributed by atoms with van der Waals surface area (Å²) in [4.78, 5) is 8.66. The number of nitrogens with two attached hydrogens (primary N) is 1. The van der Waals surface area contributed by atoms with Gasteiger partial charge in [-0.05, 0) is 68.0 Å². The van der Waals surface area contributed by atoms with E-state index in [1.54, 1.807) is 6.33 Å². The lowest BCUT2D eigenvalue weighted by atomic mass is 9.98. The average molecular weight is 362 g/mol. The smallest absolute Gasteiger partial charge is 0.137 e. The molecule has 0 bridgehead atoms. The summed E-state index contributed by atoms with van der Waals surface area (Å²) in [5, 5.41) is 4.37. The first kappa shape index (κ1) is 17.6. The second kappa shape index (κ2) is 8.25. The van der Waals surface area contributed by atoms with Crippen LogP contribution in [-0.4, -0.2) is 22.6 Å². The molecule has 140 valence electrons. The van der Waals surface area contributed by atoms with Crippen molar-refractivity contribution < 1.29 is 4.74 Å². The van der Waals surface area contributed by atoms with E-state index in [-0.39, 0.29) is 0 Å². The second-order valence-corrected chi connectivity index (χ2v) is 7.20. The van der Waals surface area contributed by atoms with Gasteiger partial charge in [0.1, 0.15) is 17.9 Å². The molecular weight excluding hydrogens is 336 g/mol. The molecule has 0 saturated heterocycles. The second-order valence-electron chi connectivity index (χ2n) is 7.20. The Morgan fingerprint density at radius 2 is 1.93 bits per heavy atom. The van der Waals surface area contributed by atoms with Gasteiger partial charge in [0.25, 0.3) is 0 Å². The molecule has 1 aromatic heterocycles. The lowest BCUT2D eigenvalue weighted by Gasteiger charge is -2.23. The van der Waals surface area contributed by atoms with Gasteiger partial charge < -0.3 is 15.8 Å². The van der Waals surface area contributed by atoms with Gasteiger partial charge in [-0.2, -0.15) is 0 Å². The van der Waals surface area contributed by atoms with E-state index in [1.165, 1.54) is 37.7 Å². The molecule has 4 rings (SSSR count). The molecule has 0 aliphatic heterocycles. The highest BCUT2D eigenvalue weighted by atomic mass is 16.5. The predicted molar refractivity (Wildman–Crippen MR) is 110 cm³/mol. The van der Waals surface area contributed by atoms with Gasteiger partial charge in [-0.1, -0.05) is 18.6 Å². The summed E-state index contributed by atoms with van der Waals surface area (Å²) in [5.74, 6) is 1.81. The number of aromatic nitrogens is 2. The Morgan fingerprint density at radius 1 is 1.04 bits per heavy atom. The molecule has 27 heavy (non-hydrogen) atoms. The van der Waals surface area contributed by atoms with Gasteiger partial charge in [0.05, 0.1) is 11.6 Å². The average Bonchev–Trinajstić information content (AvgIpc) is 2.69. The van der Waals surface area contributed by atoms with E-state index in [0.29, 0.717) is 11.8 Å². The lowest BCUT2D eigenvalue weighted by Crippen LogP contribution is -2.19. The zero-order valence-corrected chi connectivity index (χ0v) is 15.5. The molecule has 1 aliphatic rings. The third-order valence-corrected chi connectivity index (χ3v) is 5.12. The normalized spacial score (nSPS) is 15.0. The number of hydrogen-bond acceptors (Lipinski definition) is 5. The maximum absolute atomic E-state index is 6.18. The number of ether oxygens (including phenoxy) is 1. The molecular formula is C22H26N4O. The summed E-state index contributed by atoms with van der Waals surface area (Å²) >= 11 is 0. The Labute approximate surface area is 160 Å². The van der Waals surface area contributed by atoms with Crippen LogP contribution in [0.1, 0.15) is 37.7 Å². The standard InChI is InChI=1S/C22H26N4O/c23-17-9-10-21-20(14-17)22(26-15-25-21)24-12-11-16-5-4-8-19(13-16)27-18-6-2-1-3-7-18/h4-5,8-10,13-15,18H,1-3,6-7,11-12,23H2,(H,24,25,26). The Bertz CT molecular complexity index is 906. The van der Waals surface area contributed by atoms with Crippen LogP contribution in [-0.2, 0) is 6.42 Å². The highest BCUT2D eigenvalue weighted by molar-refractivity contribution is 5.91. The number of hydrogen-bond donors (Lipinski definition) is 2. The largest absolute Gasteiger partial charge is 0.490 e. The van der Waals surface area contributed by atoms with Gasteiger partial charge >= 0.3 is 0 Å². The molecule has 0 radical (unpaired) electrons. The fraction of sp³-hybridized carbons (Fsp3) is 0.364. The molecule has 0 amide bonds. The molecule has 1 aliphatic carbocycles. The molecule has 3 aromatic rings. The zero-order chi connectivity index (χ0) is 18.5. The summed E-state index contributed by atoms with van der Waals surface area (Å²) in [6.07, 6.45) is 9.12. The van der Waals surface area contributed by atoms with Gasteiger partial charge in [0.15, 0.2) is 0 Å². The van der Waals surface area contributed by atoms with Crippen LogP contribution in [0.25, 0.3) is 10.9 Å². The number of nitrogen functional groups attached to an aromatic ring is 1. The molecule has 0 unspecified atom stereocenters. The number of anilines is 2. The first-order valence-corrected chi connectivity index (χ1v) is 9.78. The minimum Gasteiger partial charge on any atom is -0.490 e. The fourth-order valence-corrected chi connectivity index (χ4v) is 3.69. The number of nitrogens with one attached hydrogen (secondary N) is 1. The Kier molecular flexibility index (Phi) is 5.37. The van der Waals surface area contributed by atoms with Crippen molar-refractivity contribution in [1.29, 1.82) is 0 Å². The molecule has 5 heteroatoms. The molecule has 0 atom stereocenters. The topological polar surface area (TPSA) is 73.1 Å². The van der Waals surface area contributed by atoms with E-state index in [4.69, 9.17) is 10.5 Å². The van der Waals surface area contributed by atoms with Crippen molar-refractivity contribution in [3.8, 4) is 5.75 Å². The monoisotopic (exact) mass is 362 g/mol. The minimum atomic E-state index is 0.380. The summed E-state index contributed by atoms with van der Waals surface area (Å²) in [5.41, 5.74) is 8.78. The zero-order valence-electron chi connectivity index (χ0n) is 15.5. The van der Waals surface area contributed by atoms with Crippen molar-refractivity contribution >= 4 is 22.4 Å². The molecule has 1 fully saturated rings. The molecule has 3 N–H and O–H groups in total. The Balaban J connectivity index is 1.38. The van der Waals surface area contributed by atoms with E-state index in [9.17, 15) is 0 Å². The summed E-state index contributed by atoms with van der Waals surface area (Å²) in [6, 6.07) is 14.1. The van der Waals surface area contributed by atoms with Gasteiger partial charge in [-0.25, -0.2) is 9.97 Å². The van der Waals surface area contributed by atoms with E-state index in [1.807, 2.05) is 18.2 Å². The van der Waals surface area contributed by atoms with Crippen molar-refractivity contribution in [2.24, 2.45) is 0 Å². The Morgan fingerprint density at radius 3 is 2.81 bits per heavy atom. The Hall–Kier alpha value is -2.82. The number of rotatable bonds is 6. The molecule has 2 aromatic carbocycles. The summed E-state index contributed by atoms with van der Waals surface area (Å²) in [6.45, 7) is 0.786. The van der Waals surface area contributed by atoms with Crippen molar-refractivity contribution in [1.82, 2.24) is 9.97 Å². The highest BCUT2D eigenvalue weighted by Gasteiger charge is 2.14. The van der Waals surface area contributed by atoms with Crippen LogP contribution in [0, 0.1) is 0 Å². The van der Waals surface area contributed by atoms with Gasteiger partial charge in [-0.15, -0.1) is 0 Å². The van der Waals surface area contributed by atoms with Crippen LogP contribution in [0.5, 0.6) is 5.75 Å². The van der Waals surface area contributed by atoms with Gasteiger partial charge in [0.2, 0.25) is 0 Å². The van der Waals surface area contributed by atoms with Crippen molar-refractivity contribution in [2.75, 3.05) is 17.6 Å². The summed E-state index contributed by atoms with van der Waals surface area (Å²) < 4.78 is 6.18. The SMILES string of the molecule is Nc1ccc2ncnc(NCCc3cccc(OC4CCCCC4)c3)c2c1. The minimum absolute atomic E-state index is 0.380. The highest BCUT2D eigenvalue weighted by Crippen LogP contribution is 2.24. The molecule has 0 spiro atoms. The lowest BCUT2D eigenvalue weighted by molar-refractivity contribution is 0.155. The van der Waals surface area contributed by atoms with E-state index in [0.717, 1.165) is 35.4 Å². The van der Waals surface area contributed by atoms with E-state index < -0.39 is 0 Å². The van der Waals surface area contributed by atoms with Gasteiger partial charge in [0, 0.05) is 17.6 Å². The number of benzene rings is 2. The van der Waals surface area contributed by atoms with Crippen LogP contribution in [0.4, 0.5) is 11.5 Å². The quantitative estimate of drug-likeness (QED) is 0.628. The van der Waals surface area contributed by atoms with Crippen LogP contribution >= 0.6 is 0 Å². The predicted octanol–water partition coefficient (Wildman–Crippen LogP) is 4.58. The summed E-state index contributed by atoms with van der Waals surface area (Å²) in [7, 11) is 0. The fourth-order valence-electron chi connectivity index (χ4n) is 3.69. The van der Waals surface area contributed by atoms with Crippen LogP contribution in [0.2, 0.25) is 0 Å². The van der Waals surface area contributed by atoms with Crippen LogP contribution in [0.15, 0.2) is 48.8 Å². The number of nitrogens with zero attached hydrogens (tertiary/aromatic N) is 2. The molecule has 5 nitrogen and oxygen atoms in total. The van der Waals surface area contributed by atoms with Crippen LogP contribution < -0.4 is 15.8 Å². The molecule has 1 saturated carbocycles.